The first kappa shape index (κ1) is 21.6. The van der Waals surface area contributed by atoms with E-state index in [9.17, 15) is 10.1 Å². The Hall–Kier alpha value is -5.25. The first-order valence-electron chi connectivity index (χ1n) is 10.5. The molecule has 0 saturated heterocycles. The van der Waals surface area contributed by atoms with Crippen molar-refractivity contribution in [3.63, 3.8) is 0 Å². The molecule has 4 heterocycles. The normalized spacial score (nSPS) is 11.3. The lowest BCUT2D eigenvalue weighted by molar-refractivity contribution is -0.114. The number of benzene rings is 1. The van der Waals surface area contributed by atoms with Gasteiger partial charge in [0.05, 0.1) is 11.4 Å². The Morgan fingerprint density at radius 1 is 1.09 bits per heavy atom. The van der Waals surface area contributed by atoms with Gasteiger partial charge in [-0.25, -0.2) is 9.97 Å². The summed E-state index contributed by atoms with van der Waals surface area (Å²) in [5, 5.41) is 34.4. The minimum Gasteiger partial charge on any atom is -0.326 e. The second kappa shape index (κ2) is 8.60. The first-order valence-corrected chi connectivity index (χ1v) is 10.5. The van der Waals surface area contributed by atoms with Gasteiger partial charge in [-0.3, -0.25) is 4.79 Å². The summed E-state index contributed by atoms with van der Waals surface area (Å²) in [5.74, 6) is 0.845. The number of azo groups is 1. The highest BCUT2D eigenvalue weighted by Crippen LogP contribution is 2.31. The third-order valence-electron chi connectivity index (χ3n) is 5.03. The van der Waals surface area contributed by atoms with Gasteiger partial charge >= 0.3 is 0 Å². The van der Waals surface area contributed by atoms with Crippen LogP contribution in [-0.2, 0) is 4.79 Å². The average molecular weight is 466 g/mol. The van der Waals surface area contributed by atoms with Gasteiger partial charge in [-0.05, 0) is 32.0 Å². The number of H-pyrrole nitrogens is 1. The molecule has 1 amide bonds. The minimum atomic E-state index is -0.165. The number of anilines is 1. The lowest BCUT2D eigenvalue weighted by atomic mass is 10.2. The van der Waals surface area contributed by atoms with Gasteiger partial charge in [0.25, 0.3) is 5.95 Å². The summed E-state index contributed by atoms with van der Waals surface area (Å²) in [6, 6.07) is 11.1. The van der Waals surface area contributed by atoms with E-state index in [0.29, 0.717) is 34.2 Å². The van der Waals surface area contributed by atoms with E-state index in [1.807, 2.05) is 12.1 Å². The Kier molecular flexibility index (Phi) is 5.30. The second-order valence-electron chi connectivity index (χ2n) is 7.56. The Morgan fingerprint density at radius 2 is 1.89 bits per heavy atom. The summed E-state index contributed by atoms with van der Waals surface area (Å²) in [5.41, 5.74) is 3.70. The highest BCUT2D eigenvalue weighted by Gasteiger charge is 2.19. The lowest BCUT2D eigenvalue weighted by Crippen LogP contribution is -2.05. The summed E-state index contributed by atoms with van der Waals surface area (Å²) >= 11 is 0. The third-order valence-corrected chi connectivity index (χ3v) is 5.03. The van der Waals surface area contributed by atoms with E-state index in [1.54, 1.807) is 44.4 Å². The maximum absolute atomic E-state index is 11.4. The molecule has 35 heavy (non-hydrogen) atoms. The zero-order valence-electron chi connectivity index (χ0n) is 18.9. The molecule has 0 bridgehead atoms. The van der Waals surface area contributed by atoms with Crippen molar-refractivity contribution in [1.82, 2.24) is 39.6 Å². The van der Waals surface area contributed by atoms with E-state index in [0.717, 1.165) is 5.56 Å². The highest BCUT2D eigenvalue weighted by molar-refractivity contribution is 5.89. The Labute approximate surface area is 198 Å². The molecule has 1 aromatic carbocycles. The largest absolute Gasteiger partial charge is 0.326 e. The zero-order valence-corrected chi connectivity index (χ0v) is 18.9. The molecular weight excluding hydrogens is 448 g/mol. The number of amides is 1. The van der Waals surface area contributed by atoms with Crippen molar-refractivity contribution < 1.29 is 4.79 Å². The lowest BCUT2D eigenvalue weighted by Gasteiger charge is -2.03. The van der Waals surface area contributed by atoms with Crippen LogP contribution in [0.1, 0.15) is 23.9 Å². The molecule has 0 aliphatic heterocycles. The van der Waals surface area contributed by atoms with Crippen molar-refractivity contribution in [3.05, 3.63) is 59.7 Å². The number of aryl methyl sites for hydroxylation is 2. The first-order chi connectivity index (χ1) is 16.9. The van der Waals surface area contributed by atoms with Crippen LogP contribution in [0.25, 0.3) is 23.0 Å². The van der Waals surface area contributed by atoms with E-state index in [1.165, 1.54) is 16.2 Å². The van der Waals surface area contributed by atoms with Crippen molar-refractivity contribution in [2.24, 2.45) is 10.2 Å². The van der Waals surface area contributed by atoms with E-state index in [2.05, 4.69) is 51.9 Å². The molecule has 0 radical (unpaired) electrons. The number of aromatic nitrogens is 8. The maximum Gasteiger partial charge on any atom is 0.252 e. The topological polar surface area (TPSA) is 167 Å². The predicted molar refractivity (Wildman–Crippen MR) is 125 cm³/mol. The number of rotatable bonds is 5. The van der Waals surface area contributed by atoms with Gasteiger partial charge in [-0.2, -0.15) is 20.1 Å². The van der Waals surface area contributed by atoms with Crippen molar-refractivity contribution in [2.45, 2.75) is 20.8 Å². The number of aromatic amines is 1. The van der Waals surface area contributed by atoms with Crippen LogP contribution in [0.3, 0.4) is 0 Å². The SMILES string of the molecule is CC(=O)Nc1cccc(-c2nn3nc(C)c(/N=N/c4c(C#N)c(C)nn4-c4ncccn4)c3[nH]2)c1. The van der Waals surface area contributed by atoms with Crippen molar-refractivity contribution in [2.75, 3.05) is 5.32 Å². The summed E-state index contributed by atoms with van der Waals surface area (Å²) < 4.78 is 2.80. The molecule has 0 spiro atoms. The summed E-state index contributed by atoms with van der Waals surface area (Å²) in [4.78, 5) is 23.0. The molecule has 5 aromatic rings. The second-order valence-corrected chi connectivity index (χ2v) is 7.56. The molecule has 13 heteroatoms. The fourth-order valence-corrected chi connectivity index (χ4v) is 3.49. The smallest absolute Gasteiger partial charge is 0.252 e. The van der Waals surface area contributed by atoms with Gasteiger partial charge < -0.3 is 10.3 Å². The minimum absolute atomic E-state index is 0.165. The van der Waals surface area contributed by atoms with Gasteiger partial charge in [0.1, 0.15) is 11.6 Å². The van der Waals surface area contributed by atoms with Crippen molar-refractivity contribution >= 4 is 28.7 Å². The molecule has 0 saturated carbocycles. The standard InChI is InChI=1S/C22H18N12O/c1-12-17(11-23)20(33(30-12)22-24-8-5-9-25-22)29-28-18-13(2)31-34-21(18)27-19(32-34)15-6-4-7-16(10-15)26-14(3)35/h4-10H,1-3H3,(H,26,35)(H,27,32)/b29-28+. The van der Waals surface area contributed by atoms with Crippen LogP contribution in [0.15, 0.2) is 53.0 Å². The highest BCUT2D eigenvalue weighted by atomic mass is 16.1. The fourth-order valence-electron chi connectivity index (χ4n) is 3.49. The number of fused-ring (bicyclic) bond motifs is 1. The molecule has 0 aliphatic carbocycles. The number of carbonyl (C=O) groups is 1. The third kappa shape index (κ3) is 4.00. The van der Waals surface area contributed by atoms with E-state index in [-0.39, 0.29) is 23.2 Å². The summed E-state index contributed by atoms with van der Waals surface area (Å²) in [6.45, 7) is 4.93. The Balaban J connectivity index is 1.56. The molecule has 0 fully saturated rings. The molecule has 13 nitrogen and oxygen atoms in total. The van der Waals surface area contributed by atoms with Gasteiger partial charge in [-0.15, -0.1) is 20.0 Å². The number of nitriles is 1. The van der Waals surface area contributed by atoms with Crippen molar-refractivity contribution in [3.8, 4) is 23.4 Å². The van der Waals surface area contributed by atoms with Crippen molar-refractivity contribution in [1.29, 1.82) is 5.26 Å². The monoisotopic (exact) mass is 466 g/mol. The van der Waals surface area contributed by atoms with Crippen LogP contribution in [0.4, 0.5) is 17.2 Å². The van der Waals surface area contributed by atoms with E-state index in [4.69, 9.17) is 0 Å². The molecule has 2 N–H and O–H groups in total. The van der Waals surface area contributed by atoms with E-state index >= 15 is 0 Å². The van der Waals surface area contributed by atoms with Crippen LogP contribution in [0, 0.1) is 25.2 Å². The quantitative estimate of drug-likeness (QED) is 0.373. The maximum atomic E-state index is 11.4. The van der Waals surface area contributed by atoms with Crippen LogP contribution in [0.5, 0.6) is 0 Å². The van der Waals surface area contributed by atoms with E-state index < -0.39 is 0 Å². The number of carbonyl (C=O) groups excluding carboxylic acids is 1. The zero-order chi connectivity index (χ0) is 24.5. The van der Waals surface area contributed by atoms with Gasteiger partial charge in [0.15, 0.2) is 23.0 Å². The average Bonchev–Trinajstić information content (AvgIpc) is 3.48. The van der Waals surface area contributed by atoms with Gasteiger partial charge in [-0.1, -0.05) is 12.1 Å². The molecule has 5 rings (SSSR count). The number of hydrogen-bond donors (Lipinski definition) is 2. The molecule has 172 valence electrons. The molecular formula is C22H18N12O. The van der Waals surface area contributed by atoms with Crippen LogP contribution < -0.4 is 5.32 Å². The number of nitrogens with one attached hydrogen (secondary N) is 2. The summed E-state index contributed by atoms with van der Waals surface area (Å²) in [6.07, 6.45) is 3.15. The molecule has 0 unspecified atom stereocenters. The number of nitrogens with zero attached hydrogens (tertiary/aromatic N) is 10. The van der Waals surface area contributed by atoms with Crippen LogP contribution >= 0.6 is 0 Å². The van der Waals surface area contributed by atoms with Crippen LogP contribution in [0.2, 0.25) is 0 Å². The fraction of sp³-hybridized carbons (Fsp3) is 0.136. The van der Waals surface area contributed by atoms with Crippen LogP contribution in [-0.4, -0.2) is 45.5 Å². The molecule has 0 atom stereocenters. The number of hydrogen-bond acceptors (Lipinski definition) is 9. The summed E-state index contributed by atoms with van der Waals surface area (Å²) in [7, 11) is 0. The Bertz CT molecular complexity index is 1630. The van der Waals surface area contributed by atoms with Gasteiger partial charge in [0, 0.05) is 30.6 Å². The molecule has 0 aliphatic rings. The van der Waals surface area contributed by atoms with Gasteiger partial charge in [0.2, 0.25) is 5.91 Å². The Morgan fingerprint density at radius 3 is 2.63 bits per heavy atom. The molecule has 4 aromatic heterocycles. The predicted octanol–water partition coefficient (Wildman–Crippen LogP) is 3.56.